The summed E-state index contributed by atoms with van der Waals surface area (Å²) in [4.78, 5) is 0. The number of hydrogen-bond acceptors (Lipinski definition) is 3. The molecule has 1 aromatic rings. The lowest BCUT2D eigenvalue weighted by Gasteiger charge is -2.09. The second-order valence-electron chi connectivity index (χ2n) is 3.49. The summed E-state index contributed by atoms with van der Waals surface area (Å²) < 4.78 is 25.0. The predicted molar refractivity (Wildman–Crippen MR) is 61.5 cm³/mol. The zero-order valence-corrected chi connectivity index (χ0v) is 9.76. The van der Waals surface area contributed by atoms with Crippen LogP contribution in [-0.4, -0.2) is 16.0 Å². The van der Waals surface area contributed by atoms with Gasteiger partial charge in [0.05, 0.1) is 17.4 Å². The zero-order chi connectivity index (χ0) is 12.1. The van der Waals surface area contributed by atoms with Crippen LogP contribution in [-0.2, 0) is 16.6 Å². The van der Waals surface area contributed by atoms with E-state index in [1.54, 1.807) is 6.92 Å². The van der Waals surface area contributed by atoms with E-state index >= 15 is 0 Å². The van der Waals surface area contributed by atoms with Crippen molar-refractivity contribution in [2.24, 2.45) is 5.73 Å². The smallest absolute Gasteiger partial charge is 0.127 e. The van der Waals surface area contributed by atoms with Gasteiger partial charge in [-0.1, -0.05) is 0 Å². The molecule has 0 bridgehead atoms. The number of hydrogen-bond donors (Lipinski definition) is 1. The molecule has 0 radical (unpaired) electrons. The standard InChI is InChI=1S/C11H13FN2OS/c1-8(5-13)16(15)7-10-4-9(6-14)2-3-11(10)12/h2-4,8H,5,7,13H2,1H3. The summed E-state index contributed by atoms with van der Waals surface area (Å²) >= 11 is 0. The van der Waals surface area contributed by atoms with Gasteiger partial charge >= 0.3 is 0 Å². The zero-order valence-electron chi connectivity index (χ0n) is 8.94. The van der Waals surface area contributed by atoms with Gasteiger partial charge in [-0.05, 0) is 25.1 Å². The summed E-state index contributed by atoms with van der Waals surface area (Å²) in [5, 5.41) is 8.50. The largest absolute Gasteiger partial charge is 0.329 e. The summed E-state index contributed by atoms with van der Waals surface area (Å²) in [7, 11) is -1.21. The van der Waals surface area contributed by atoms with E-state index in [1.807, 2.05) is 6.07 Å². The molecular weight excluding hydrogens is 227 g/mol. The van der Waals surface area contributed by atoms with E-state index < -0.39 is 16.6 Å². The van der Waals surface area contributed by atoms with Crippen LogP contribution in [0.3, 0.4) is 0 Å². The van der Waals surface area contributed by atoms with Crippen molar-refractivity contribution < 1.29 is 8.60 Å². The van der Waals surface area contributed by atoms with E-state index in [1.165, 1.54) is 18.2 Å². The molecule has 0 saturated heterocycles. The van der Waals surface area contributed by atoms with E-state index in [-0.39, 0.29) is 11.0 Å². The molecular formula is C11H13FN2OS. The van der Waals surface area contributed by atoms with Crippen molar-refractivity contribution in [2.45, 2.75) is 17.9 Å². The average molecular weight is 240 g/mol. The molecule has 0 saturated carbocycles. The van der Waals surface area contributed by atoms with Crippen LogP contribution in [0.4, 0.5) is 4.39 Å². The second-order valence-corrected chi connectivity index (χ2v) is 5.34. The van der Waals surface area contributed by atoms with Gasteiger partial charge in [-0.25, -0.2) is 4.39 Å². The lowest BCUT2D eigenvalue weighted by Crippen LogP contribution is -2.23. The van der Waals surface area contributed by atoms with E-state index in [2.05, 4.69) is 0 Å². The predicted octanol–water partition coefficient (Wildman–Crippen LogP) is 1.29. The van der Waals surface area contributed by atoms with Crippen molar-refractivity contribution >= 4 is 10.8 Å². The highest BCUT2D eigenvalue weighted by Gasteiger charge is 2.12. The van der Waals surface area contributed by atoms with Gasteiger partial charge in [0, 0.05) is 28.2 Å². The lowest BCUT2D eigenvalue weighted by atomic mass is 10.1. The van der Waals surface area contributed by atoms with Gasteiger partial charge in [-0.15, -0.1) is 0 Å². The normalized spacial score (nSPS) is 14.1. The van der Waals surface area contributed by atoms with Gasteiger partial charge in [-0.3, -0.25) is 4.21 Å². The molecule has 0 fully saturated rings. The molecule has 1 rings (SSSR count). The van der Waals surface area contributed by atoms with Crippen LogP contribution >= 0.6 is 0 Å². The van der Waals surface area contributed by atoms with Gasteiger partial charge in [0.2, 0.25) is 0 Å². The maximum absolute atomic E-state index is 13.4. The van der Waals surface area contributed by atoms with Crippen LogP contribution in [0.15, 0.2) is 18.2 Å². The summed E-state index contributed by atoms with van der Waals surface area (Å²) in [5.41, 5.74) is 6.05. The molecule has 16 heavy (non-hydrogen) atoms. The highest BCUT2D eigenvalue weighted by Crippen LogP contribution is 2.13. The van der Waals surface area contributed by atoms with Gasteiger partial charge < -0.3 is 5.73 Å². The lowest BCUT2D eigenvalue weighted by molar-refractivity contribution is 0.614. The number of nitrogens with zero attached hydrogens (tertiary/aromatic N) is 1. The van der Waals surface area contributed by atoms with E-state index in [0.717, 1.165) is 0 Å². The van der Waals surface area contributed by atoms with Crippen LogP contribution in [0, 0.1) is 17.1 Å². The Labute approximate surface area is 96.5 Å². The Bertz CT molecular complexity index is 442. The Morgan fingerprint density at radius 2 is 2.31 bits per heavy atom. The molecule has 0 aromatic heterocycles. The minimum absolute atomic E-state index is 0.0969. The number of halogens is 1. The first-order chi connectivity index (χ1) is 7.58. The molecule has 0 aliphatic rings. The third-order valence-electron chi connectivity index (χ3n) is 2.25. The van der Waals surface area contributed by atoms with Crippen LogP contribution in [0.25, 0.3) is 0 Å². The maximum atomic E-state index is 13.4. The van der Waals surface area contributed by atoms with Crippen molar-refractivity contribution in [1.29, 1.82) is 5.26 Å². The molecule has 0 heterocycles. The van der Waals surface area contributed by atoms with Gasteiger partial charge in [0.1, 0.15) is 5.82 Å². The molecule has 0 aliphatic heterocycles. The first kappa shape index (κ1) is 12.8. The summed E-state index contributed by atoms with van der Waals surface area (Å²) in [6, 6.07) is 5.97. The molecule has 0 amide bonds. The highest BCUT2D eigenvalue weighted by molar-refractivity contribution is 7.84. The first-order valence-electron chi connectivity index (χ1n) is 4.84. The van der Waals surface area contributed by atoms with Crippen LogP contribution in [0.5, 0.6) is 0 Å². The average Bonchev–Trinajstić information content (AvgIpc) is 2.30. The molecule has 1 aromatic carbocycles. The van der Waals surface area contributed by atoms with Crippen molar-refractivity contribution in [3.05, 3.63) is 35.1 Å². The fourth-order valence-electron chi connectivity index (χ4n) is 1.16. The minimum atomic E-state index is -1.21. The van der Waals surface area contributed by atoms with Gasteiger partial charge in [0.15, 0.2) is 0 Å². The maximum Gasteiger partial charge on any atom is 0.127 e. The van der Waals surface area contributed by atoms with Crippen molar-refractivity contribution in [1.82, 2.24) is 0 Å². The van der Waals surface area contributed by atoms with Gasteiger partial charge in [-0.2, -0.15) is 5.26 Å². The van der Waals surface area contributed by atoms with Crippen LogP contribution in [0.2, 0.25) is 0 Å². The number of benzene rings is 1. The van der Waals surface area contributed by atoms with E-state index in [9.17, 15) is 8.60 Å². The molecule has 3 nitrogen and oxygen atoms in total. The summed E-state index contributed by atoms with van der Waals surface area (Å²) in [5.74, 6) is -0.337. The Balaban J connectivity index is 2.89. The Morgan fingerprint density at radius 1 is 1.62 bits per heavy atom. The fraction of sp³-hybridized carbons (Fsp3) is 0.364. The van der Waals surface area contributed by atoms with Crippen molar-refractivity contribution in [3.63, 3.8) is 0 Å². The van der Waals surface area contributed by atoms with Crippen LogP contribution in [0.1, 0.15) is 18.1 Å². The number of nitriles is 1. The molecule has 0 spiro atoms. The summed E-state index contributed by atoms with van der Waals surface area (Å²) in [6.07, 6.45) is 0. The summed E-state index contributed by atoms with van der Waals surface area (Å²) in [6.45, 7) is 2.05. The van der Waals surface area contributed by atoms with E-state index in [0.29, 0.717) is 17.7 Å². The molecule has 5 heteroatoms. The molecule has 0 aliphatic carbocycles. The fourth-order valence-corrected chi connectivity index (χ4v) is 2.18. The third-order valence-corrected chi connectivity index (χ3v) is 3.94. The van der Waals surface area contributed by atoms with Gasteiger partial charge in [0.25, 0.3) is 0 Å². The topological polar surface area (TPSA) is 66.9 Å². The Hall–Kier alpha value is -1.25. The van der Waals surface area contributed by atoms with Crippen LogP contribution < -0.4 is 5.73 Å². The number of rotatable bonds is 4. The van der Waals surface area contributed by atoms with Crippen molar-refractivity contribution in [2.75, 3.05) is 6.54 Å². The second kappa shape index (κ2) is 5.73. The number of nitrogens with two attached hydrogens (primary N) is 1. The Kier molecular flexibility index (Phi) is 4.59. The highest BCUT2D eigenvalue weighted by atomic mass is 32.2. The quantitative estimate of drug-likeness (QED) is 0.862. The monoisotopic (exact) mass is 240 g/mol. The third kappa shape index (κ3) is 3.12. The van der Waals surface area contributed by atoms with Crippen molar-refractivity contribution in [3.8, 4) is 6.07 Å². The first-order valence-corrected chi connectivity index (χ1v) is 6.22. The molecule has 2 unspecified atom stereocenters. The minimum Gasteiger partial charge on any atom is -0.329 e. The molecule has 2 N–H and O–H groups in total. The molecule has 2 atom stereocenters. The SMILES string of the molecule is CC(CN)S(=O)Cc1cc(C#N)ccc1F. The van der Waals surface area contributed by atoms with E-state index in [4.69, 9.17) is 11.0 Å². The Morgan fingerprint density at radius 3 is 2.88 bits per heavy atom. The molecule has 86 valence electrons.